The summed E-state index contributed by atoms with van der Waals surface area (Å²) in [5.74, 6) is -1.28. The summed E-state index contributed by atoms with van der Waals surface area (Å²) in [5, 5.41) is 1.91. The van der Waals surface area contributed by atoms with E-state index in [-0.39, 0.29) is 5.91 Å². The van der Waals surface area contributed by atoms with Crippen molar-refractivity contribution in [1.82, 2.24) is 20.2 Å². The molecule has 0 aliphatic carbocycles. The summed E-state index contributed by atoms with van der Waals surface area (Å²) in [6.45, 7) is -0.668. The average molecular weight is 392 g/mol. The summed E-state index contributed by atoms with van der Waals surface area (Å²) in [4.78, 5) is 34.0. The molecule has 1 N–H and O–H groups in total. The fourth-order valence-electron chi connectivity index (χ4n) is 3.11. The normalized spacial score (nSPS) is 15.3. The first-order valence-corrected chi connectivity index (χ1v) is 8.83. The summed E-state index contributed by atoms with van der Waals surface area (Å²) in [7, 11) is 0. The van der Waals surface area contributed by atoms with Crippen molar-refractivity contribution >= 4 is 11.8 Å². The number of rotatable bonds is 4. The minimum absolute atomic E-state index is 0.162. The minimum atomic E-state index is -4.43. The molecule has 2 aromatic rings. The second-order valence-corrected chi connectivity index (χ2v) is 6.60. The Hall–Kier alpha value is -2.97. The maximum Gasteiger partial charge on any atom is 0.405 e. The van der Waals surface area contributed by atoms with Gasteiger partial charge >= 0.3 is 6.18 Å². The molecule has 2 heterocycles. The quantitative estimate of drug-likeness (QED) is 0.868. The predicted octanol–water partition coefficient (Wildman–Crippen LogP) is 2.67. The maximum absolute atomic E-state index is 12.6. The molecule has 1 aromatic heterocycles. The molecule has 1 aromatic carbocycles. The number of nitrogens with one attached hydrogen (secondary N) is 1. The highest BCUT2D eigenvalue weighted by Crippen LogP contribution is 2.22. The van der Waals surface area contributed by atoms with Gasteiger partial charge < -0.3 is 10.2 Å². The molecular formula is C19H19F3N4O2. The molecule has 0 unspecified atom stereocenters. The Morgan fingerprint density at radius 2 is 1.64 bits per heavy atom. The van der Waals surface area contributed by atoms with Gasteiger partial charge in [-0.2, -0.15) is 13.2 Å². The van der Waals surface area contributed by atoms with Crippen LogP contribution in [0.5, 0.6) is 0 Å². The highest BCUT2D eigenvalue weighted by atomic mass is 19.4. The molecule has 0 atom stereocenters. The summed E-state index contributed by atoms with van der Waals surface area (Å²) in [6, 6.07) is 7.05. The van der Waals surface area contributed by atoms with E-state index >= 15 is 0 Å². The zero-order valence-electron chi connectivity index (χ0n) is 14.9. The second-order valence-electron chi connectivity index (χ2n) is 6.60. The van der Waals surface area contributed by atoms with E-state index in [4.69, 9.17) is 0 Å². The van der Waals surface area contributed by atoms with Gasteiger partial charge in [0.15, 0.2) is 0 Å². The lowest BCUT2D eigenvalue weighted by Gasteiger charge is -2.31. The summed E-state index contributed by atoms with van der Waals surface area (Å²) >= 11 is 0. The predicted molar refractivity (Wildman–Crippen MR) is 95.2 cm³/mol. The van der Waals surface area contributed by atoms with Crippen molar-refractivity contribution < 1.29 is 22.8 Å². The smallest absolute Gasteiger partial charge is 0.347 e. The standard InChI is InChI=1S/C19H19F3N4O2/c20-19(21,22)11-25-17(27)14-5-7-26(8-6-14)18(28)15-3-1-13(2-4-15)16-9-23-12-24-10-16/h1-4,9-10,12,14H,5-8,11H2,(H,25,27). The molecule has 0 saturated carbocycles. The number of hydrogen-bond donors (Lipinski definition) is 1. The number of aromatic nitrogens is 2. The van der Waals surface area contributed by atoms with Crippen molar-refractivity contribution in [1.29, 1.82) is 0 Å². The molecule has 1 saturated heterocycles. The van der Waals surface area contributed by atoms with E-state index in [0.717, 1.165) is 11.1 Å². The van der Waals surface area contributed by atoms with Crippen LogP contribution in [0.15, 0.2) is 43.0 Å². The van der Waals surface area contributed by atoms with Gasteiger partial charge in [0.25, 0.3) is 5.91 Å². The second kappa shape index (κ2) is 8.37. The Kier molecular flexibility index (Phi) is 5.91. The molecule has 1 fully saturated rings. The van der Waals surface area contributed by atoms with E-state index < -0.39 is 24.5 Å². The zero-order chi connectivity index (χ0) is 20.1. The average Bonchev–Trinajstić information content (AvgIpc) is 2.72. The first kappa shape index (κ1) is 19.8. The van der Waals surface area contributed by atoms with E-state index in [1.54, 1.807) is 29.4 Å². The van der Waals surface area contributed by atoms with Crippen LogP contribution in [0, 0.1) is 5.92 Å². The zero-order valence-corrected chi connectivity index (χ0v) is 14.9. The van der Waals surface area contributed by atoms with Crippen LogP contribution >= 0.6 is 0 Å². The SMILES string of the molecule is O=C(NCC(F)(F)F)C1CCN(C(=O)c2ccc(-c3cncnc3)cc2)CC1. The van der Waals surface area contributed by atoms with Crippen LogP contribution in [-0.4, -0.2) is 52.5 Å². The topological polar surface area (TPSA) is 75.2 Å². The number of likely N-dealkylation sites (tertiary alicyclic amines) is 1. The Balaban J connectivity index is 1.54. The summed E-state index contributed by atoms with van der Waals surface area (Å²) in [5.41, 5.74) is 2.24. The molecule has 9 heteroatoms. The Labute approximate surface area is 159 Å². The van der Waals surface area contributed by atoms with Crippen LogP contribution in [0.25, 0.3) is 11.1 Å². The number of alkyl halides is 3. The lowest BCUT2D eigenvalue weighted by molar-refractivity contribution is -0.141. The molecule has 148 valence electrons. The number of piperidine rings is 1. The number of amides is 2. The molecule has 0 radical (unpaired) electrons. The fraction of sp³-hybridized carbons (Fsp3) is 0.368. The van der Waals surface area contributed by atoms with Crippen LogP contribution in [0.1, 0.15) is 23.2 Å². The molecule has 28 heavy (non-hydrogen) atoms. The first-order valence-electron chi connectivity index (χ1n) is 8.83. The van der Waals surface area contributed by atoms with Crippen molar-refractivity contribution in [3.05, 3.63) is 48.5 Å². The molecule has 0 spiro atoms. The highest BCUT2D eigenvalue weighted by Gasteiger charge is 2.32. The first-order chi connectivity index (χ1) is 13.3. The van der Waals surface area contributed by atoms with Gasteiger partial charge in [0.1, 0.15) is 12.9 Å². The fourth-order valence-corrected chi connectivity index (χ4v) is 3.11. The van der Waals surface area contributed by atoms with E-state index in [9.17, 15) is 22.8 Å². The molecular weight excluding hydrogens is 373 g/mol. The van der Waals surface area contributed by atoms with Crippen molar-refractivity contribution in [2.24, 2.45) is 5.92 Å². The van der Waals surface area contributed by atoms with Crippen molar-refractivity contribution in [2.75, 3.05) is 19.6 Å². The maximum atomic E-state index is 12.6. The molecule has 6 nitrogen and oxygen atoms in total. The number of carbonyl (C=O) groups excluding carboxylic acids is 2. The van der Waals surface area contributed by atoms with Gasteiger partial charge in [-0.3, -0.25) is 9.59 Å². The van der Waals surface area contributed by atoms with Gasteiger partial charge in [0.05, 0.1) is 0 Å². The third kappa shape index (κ3) is 5.05. The van der Waals surface area contributed by atoms with E-state index in [1.165, 1.54) is 6.33 Å². The van der Waals surface area contributed by atoms with E-state index in [1.807, 2.05) is 17.4 Å². The largest absolute Gasteiger partial charge is 0.405 e. The van der Waals surface area contributed by atoms with Gasteiger partial charge in [-0.1, -0.05) is 12.1 Å². The number of nitrogens with zero attached hydrogens (tertiary/aromatic N) is 3. The van der Waals surface area contributed by atoms with Crippen molar-refractivity contribution in [2.45, 2.75) is 19.0 Å². The molecule has 3 rings (SSSR count). The van der Waals surface area contributed by atoms with Gasteiger partial charge in [-0.25, -0.2) is 9.97 Å². The molecule has 1 aliphatic rings. The lowest BCUT2D eigenvalue weighted by Crippen LogP contribution is -2.44. The minimum Gasteiger partial charge on any atom is -0.347 e. The van der Waals surface area contributed by atoms with Crippen LogP contribution in [0.2, 0.25) is 0 Å². The Bertz CT molecular complexity index is 817. The third-order valence-electron chi connectivity index (χ3n) is 4.64. The molecule has 2 amide bonds. The third-order valence-corrected chi connectivity index (χ3v) is 4.64. The lowest BCUT2D eigenvalue weighted by atomic mass is 9.95. The van der Waals surface area contributed by atoms with Gasteiger partial charge in [-0.05, 0) is 30.5 Å². The van der Waals surface area contributed by atoms with Gasteiger partial charge in [0, 0.05) is 42.5 Å². The number of benzene rings is 1. The molecule has 0 bridgehead atoms. The van der Waals surface area contributed by atoms with E-state index in [0.29, 0.717) is 31.5 Å². The Morgan fingerprint density at radius 1 is 1.04 bits per heavy atom. The highest BCUT2D eigenvalue weighted by molar-refractivity contribution is 5.95. The van der Waals surface area contributed by atoms with E-state index in [2.05, 4.69) is 9.97 Å². The number of hydrogen-bond acceptors (Lipinski definition) is 4. The summed E-state index contributed by atoms with van der Waals surface area (Å²) < 4.78 is 36.6. The number of halogens is 3. The van der Waals surface area contributed by atoms with Crippen LogP contribution in [-0.2, 0) is 4.79 Å². The van der Waals surface area contributed by atoms with Crippen LogP contribution < -0.4 is 5.32 Å². The van der Waals surface area contributed by atoms with Crippen molar-refractivity contribution in [3.8, 4) is 11.1 Å². The Morgan fingerprint density at radius 3 is 2.21 bits per heavy atom. The van der Waals surface area contributed by atoms with Crippen LogP contribution in [0.3, 0.4) is 0 Å². The molecule has 1 aliphatic heterocycles. The van der Waals surface area contributed by atoms with Crippen LogP contribution in [0.4, 0.5) is 13.2 Å². The van der Waals surface area contributed by atoms with Gasteiger partial charge in [-0.15, -0.1) is 0 Å². The van der Waals surface area contributed by atoms with Crippen molar-refractivity contribution in [3.63, 3.8) is 0 Å². The monoisotopic (exact) mass is 392 g/mol. The number of carbonyl (C=O) groups is 2. The van der Waals surface area contributed by atoms with Gasteiger partial charge in [0.2, 0.25) is 5.91 Å². The summed E-state index contributed by atoms with van der Waals surface area (Å²) in [6.07, 6.45) is 1.05.